The lowest BCUT2D eigenvalue weighted by Crippen LogP contribution is -2.18. The third-order valence-electron chi connectivity index (χ3n) is 4.85. The molecule has 0 fully saturated rings. The molecule has 0 aliphatic rings. The van der Waals surface area contributed by atoms with Crippen molar-refractivity contribution in [2.45, 2.75) is 6.54 Å². The third-order valence-corrected chi connectivity index (χ3v) is 4.85. The molecule has 1 N–H and O–H groups in total. The number of methoxy groups -OCH3 is 2. The first-order valence-electron chi connectivity index (χ1n) is 9.47. The molecule has 4 rings (SSSR count). The Balaban J connectivity index is 1.68. The van der Waals surface area contributed by atoms with Crippen molar-refractivity contribution in [1.29, 1.82) is 0 Å². The van der Waals surface area contributed by atoms with Gasteiger partial charge in [-0.3, -0.25) is 9.25 Å². The smallest absolute Gasteiger partial charge is 0.256 e. The van der Waals surface area contributed by atoms with Crippen LogP contribution < -0.4 is 9.47 Å². The summed E-state index contributed by atoms with van der Waals surface area (Å²) in [6.07, 6.45) is 7.12. The maximum atomic E-state index is 10.7. The van der Waals surface area contributed by atoms with E-state index in [-0.39, 0.29) is 5.88 Å². The lowest BCUT2D eigenvalue weighted by molar-refractivity contribution is 0.343. The molecule has 0 radical (unpaired) electrons. The van der Waals surface area contributed by atoms with Crippen LogP contribution in [-0.2, 0) is 6.54 Å². The van der Waals surface area contributed by atoms with E-state index >= 15 is 0 Å². The number of nitrogens with zero attached hydrogens (tertiary/aromatic N) is 6. The molecule has 0 unspecified atom stereocenters. The molecule has 0 aliphatic heterocycles. The molecule has 0 bridgehead atoms. The number of hydrogen-bond donors (Lipinski definition) is 1. The van der Waals surface area contributed by atoms with Crippen molar-refractivity contribution in [3.05, 3.63) is 43.0 Å². The fourth-order valence-electron chi connectivity index (χ4n) is 3.21. The van der Waals surface area contributed by atoms with Crippen molar-refractivity contribution >= 4 is 10.9 Å². The highest BCUT2D eigenvalue weighted by molar-refractivity contribution is 5.87. The molecule has 0 atom stereocenters. The van der Waals surface area contributed by atoms with Gasteiger partial charge in [0.25, 0.3) is 5.88 Å². The molecule has 4 heterocycles. The van der Waals surface area contributed by atoms with Gasteiger partial charge >= 0.3 is 0 Å². The molecule has 0 aromatic carbocycles. The van der Waals surface area contributed by atoms with Crippen molar-refractivity contribution in [3.63, 3.8) is 0 Å². The average Bonchev–Trinajstić information content (AvgIpc) is 3.35. The zero-order valence-corrected chi connectivity index (χ0v) is 17.4. The van der Waals surface area contributed by atoms with Gasteiger partial charge in [-0.05, 0) is 32.3 Å². The highest BCUT2D eigenvalue weighted by Gasteiger charge is 2.15. The second-order valence-electron chi connectivity index (χ2n) is 7.15. The number of fused-ring (bicyclic) bond motifs is 1. The molecule has 9 nitrogen and oxygen atoms in total. The summed E-state index contributed by atoms with van der Waals surface area (Å²) in [4.78, 5) is 11.1. The molecule has 0 spiro atoms. The second kappa shape index (κ2) is 8.03. The third kappa shape index (κ3) is 3.67. The molecule has 156 valence electrons. The highest BCUT2D eigenvalue weighted by atomic mass is 16.5. The minimum atomic E-state index is 0.127. The lowest BCUT2D eigenvalue weighted by Gasteiger charge is -2.08. The first kappa shape index (κ1) is 19.7. The van der Waals surface area contributed by atoms with Gasteiger partial charge in [-0.15, -0.1) is 0 Å². The van der Waals surface area contributed by atoms with Gasteiger partial charge in [-0.1, -0.05) is 0 Å². The highest BCUT2D eigenvalue weighted by Crippen LogP contribution is 2.33. The molecule has 0 aliphatic carbocycles. The molecule has 4 aromatic heterocycles. The van der Waals surface area contributed by atoms with Crippen LogP contribution in [0.25, 0.3) is 27.8 Å². The molecular weight excluding hydrogens is 384 g/mol. The van der Waals surface area contributed by atoms with Gasteiger partial charge in [0.15, 0.2) is 5.75 Å². The maximum absolute atomic E-state index is 10.7. The Kier molecular flexibility index (Phi) is 5.28. The van der Waals surface area contributed by atoms with E-state index in [2.05, 4.69) is 15.0 Å². The van der Waals surface area contributed by atoms with Crippen LogP contribution in [0.15, 0.2) is 43.0 Å². The van der Waals surface area contributed by atoms with Gasteiger partial charge in [-0.25, -0.2) is 9.97 Å². The van der Waals surface area contributed by atoms with Gasteiger partial charge < -0.3 is 19.5 Å². The number of likely N-dealkylation sites (N-methyl/N-ethyl adjacent to an activating group) is 1. The summed E-state index contributed by atoms with van der Waals surface area (Å²) in [6.45, 7) is 1.65. The van der Waals surface area contributed by atoms with Crippen LogP contribution in [0.1, 0.15) is 0 Å². The Labute approximate surface area is 174 Å². The summed E-state index contributed by atoms with van der Waals surface area (Å²) < 4.78 is 14.1. The summed E-state index contributed by atoms with van der Waals surface area (Å²) in [6, 6.07) is 5.51. The molecule has 30 heavy (non-hydrogen) atoms. The fourth-order valence-corrected chi connectivity index (χ4v) is 3.21. The van der Waals surface area contributed by atoms with E-state index in [1.165, 1.54) is 0 Å². The number of aromatic hydroxyl groups is 1. The van der Waals surface area contributed by atoms with E-state index in [0.29, 0.717) is 22.5 Å². The van der Waals surface area contributed by atoms with Gasteiger partial charge in [-0.2, -0.15) is 5.10 Å². The summed E-state index contributed by atoms with van der Waals surface area (Å²) in [5, 5.41) is 15.8. The topological polar surface area (TPSA) is 90.5 Å². The summed E-state index contributed by atoms with van der Waals surface area (Å²) >= 11 is 0. The second-order valence-corrected chi connectivity index (χ2v) is 7.15. The van der Waals surface area contributed by atoms with Crippen LogP contribution in [0.3, 0.4) is 0 Å². The van der Waals surface area contributed by atoms with Gasteiger partial charge in [0.1, 0.15) is 0 Å². The Morgan fingerprint density at radius 3 is 2.67 bits per heavy atom. The van der Waals surface area contributed by atoms with Crippen molar-refractivity contribution < 1.29 is 14.6 Å². The van der Waals surface area contributed by atoms with E-state index in [1.807, 2.05) is 43.2 Å². The SMILES string of the molecule is COc1cc(-c2ccc3c(O)n(-c4cnn(CCN(C)C)c4)cc3n2)cnc1OC. The Bertz CT molecular complexity index is 1180. The molecule has 0 saturated heterocycles. The van der Waals surface area contributed by atoms with E-state index in [4.69, 9.17) is 14.5 Å². The van der Waals surface area contributed by atoms with Crippen LogP contribution in [0.5, 0.6) is 17.5 Å². The first-order valence-corrected chi connectivity index (χ1v) is 9.47. The van der Waals surface area contributed by atoms with Crippen LogP contribution in [-0.4, -0.2) is 69.2 Å². The first-order chi connectivity index (χ1) is 14.5. The van der Waals surface area contributed by atoms with E-state index in [0.717, 1.165) is 30.0 Å². The zero-order valence-electron chi connectivity index (χ0n) is 17.4. The van der Waals surface area contributed by atoms with Crippen molar-refractivity contribution in [2.24, 2.45) is 0 Å². The quantitative estimate of drug-likeness (QED) is 0.503. The predicted octanol–water partition coefficient (Wildman–Crippen LogP) is 2.57. The summed E-state index contributed by atoms with van der Waals surface area (Å²) in [7, 11) is 7.15. The monoisotopic (exact) mass is 408 g/mol. The van der Waals surface area contributed by atoms with Crippen molar-refractivity contribution in [3.8, 4) is 34.5 Å². The Hall–Kier alpha value is -3.59. The van der Waals surface area contributed by atoms with E-state index in [9.17, 15) is 5.11 Å². The summed E-state index contributed by atoms with van der Waals surface area (Å²) in [5.41, 5.74) is 2.95. The van der Waals surface area contributed by atoms with Crippen LogP contribution in [0.2, 0.25) is 0 Å². The molecule has 0 saturated carbocycles. The minimum absolute atomic E-state index is 0.127. The van der Waals surface area contributed by atoms with E-state index < -0.39 is 0 Å². The van der Waals surface area contributed by atoms with Crippen LogP contribution in [0, 0.1) is 0 Å². The van der Waals surface area contributed by atoms with Gasteiger partial charge in [0.2, 0.25) is 5.88 Å². The van der Waals surface area contributed by atoms with Crippen LogP contribution >= 0.6 is 0 Å². The predicted molar refractivity (Wildman–Crippen MR) is 113 cm³/mol. The molecule has 9 heteroatoms. The minimum Gasteiger partial charge on any atom is -0.494 e. The Morgan fingerprint density at radius 1 is 1.10 bits per heavy atom. The van der Waals surface area contributed by atoms with Gasteiger partial charge in [0.05, 0.1) is 49.2 Å². The lowest BCUT2D eigenvalue weighted by atomic mass is 10.1. The van der Waals surface area contributed by atoms with Crippen LogP contribution in [0.4, 0.5) is 0 Å². The molecule has 4 aromatic rings. The normalized spacial score (nSPS) is 11.4. The number of hydrogen-bond acceptors (Lipinski definition) is 7. The van der Waals surface area contributed by atoms with Crippen molar-refractivity contribution in [2.75, 3.05) is 34.9 Å². The number of rotatable bonds is 7. The largest absolute Gasteiger partial charge is 0.494 e. The number of aromatic nitrogens is 5. The Morgan fingerprint density at radius 2 is 1.93 bits per heavy atom. The average molecular weight is 408 g/mol. The summed E-state index contributed by atoms with van der Waals surface area (Å²) in [5.74, 6) is 1.07. The van der Waals surface area contributed by atoms with Crippen molar-refractivity contribution in [1.82, 2.24) is 29.2 Å². The molecular formula is C21H24N6O3. The number of pyridine rings is 2. The van der Waals surface area contributed by atoms with E-state index in [1.54, 1.807) is 37.4 Å². The standard InChI is InChI=1S/C21H24N6O3/c1-25(2)7-8-26-12-15(11-23-26)27-13-18-16(21(27)28)5-6-17(24-18)14-9-19(29-3)20(30-4)22-10-14/h5-6,9-13,28H,7-8H2,1-4H3. The number of ether oxygens (including phenoxy) is 2. The van der Waals surface area contributed by atoms with Gasteiger partial charge in [0, 0.05) is 30.7 Å². The molecule has 0 amide bonds. The zero-order chi connectivity index (χ0) is 21.3. The fraction of sp³-hybridized carbons (Fsp3) is 0.286. The maximum Gasteiger partial charge on any atom is 0.256 e.